The maximum Gasteiger partial charge on any atom is 0.162 e. The van der Waals surface area contributed by atoms with E-state index in [1.165, 1.54) is 4.88 Å². The minimum atomic E-state index is 0.0355. The molecule has 0 spiro atoms. The molecule has 0 fully saturated rings. The summed E-state index contributed by atoms with van der Waals surface area (Å²) < 4.78 is 10.6. The Morgan fingerprint density at radius 2 is 1.86 bits per heavy atom. The van der Waals surface area contributed by atoms with Crippen molar-refractivity contribution in [2.24, 2.45) is 0 Å². The van der Waals surface area contributed by atoms with Gasteiger partial charge in [0.25, 0.3) is 0 Å². The van der Waals surface area contributed by atoms with Crippen molar-refractivity contribution in [3.05, 3.63) is 34.5 Å². The van der Waals surface area contributed by atoms with E-state index in [0.29, 0.717) is 17.2 Å². The lowest BCUT2D eigenvalue weighted by Gasteiger charge is -2.25. The van der Waals surface area contributed by atoms with E-state index in [9.17, 15) is 0 Å². The van der Waals surface area contributed by atoms with E-state index in [0.717, 1.165) is 12.2 Å². The highest BCUT2D eigenvalue weighted by Crippen LogP contribution is 2.36. The molecule has 114 valence electrons. The molecule has 3 N–H and O–H groups in total. The molecule has 1 aromatic heterocycles. The molecular formula is C16H22N2O2S. The average Bonchev–Trinajstić information content (AvgIpc) is 3.00. The molecule has 1 heterocycles. The van der Waals surface area contributed by atoms with Gasteiger partial charge in [-0.15, -0.1) is 11.3 Å². The molecule has 0 amide bonds. The second kappa shape index (κ2) is 6.26. The molecule has 4 nitrogen and oxygen atoms in total. The second-order valence-electron chi connectivity index (χ2n) is 5.51. The van der Waals surface area contributed by atoms with Crippen LogP contribution < -0.4 is 20.5 Å². The van der Waals surface area contributed by atoms with Crippen molar-refractivity contribution < 1.29 is 9.47 Å². The Morgan fingerprint density at radius 1 is 1.19 bits per heavy atom. The Kier molecular flexibility index (Phi) is 4.63. The number of ether oxygens (including phenoxy) is 2. The third-order valence-electron chi connectivity index (χ3n) is 3.46. The van der Waals surface area contributed by atoms with Crippen LogP contribution >= 0.6 is 11.3 Å². The number of nitrogens with two attached hydrogens (primary N) is 1. The van der Waals surface area contributed by atoms with Gasteiger partial charge >= 0.3 is 0 Å². The summed E-state index contributed by atoms with van der Waals surface area (Å²) in [6, 6.07) is 7.88. The van der Waals surface area contributed by atoms with Gasteiger partial charge in [-0.25, -0.2) is 0 Å². The third-order valence-corrected chi connectivity index (χ3v) is 4.70. The van der Waals surface area contributed by atoms with Crippen LogP contribution in [0.2, 0.25) is 0 Å². The minimum absolute atomic E-state index is 0.0355. The lowest BCUT2D eigenvalue weighted by Crippen LogP contribution is -2.26. The van der Waals surface area contributed by atoms with Gasteiger partial charge < -0.3 is 20.5 Å². The number of hydrogen-bond donors (Lipinski definition) is 2. The van der Waals surface area contributed by atoms with Crippen molar-refractivity contribution in [2.75, 3.05) is 31.8 Å². The number of rotatable bonds is 6. The van der Waals surface area contributed by atoms with E-state index in [2.05, 4.69) is 36.7 Å². The predicted molar refractivity (Wildman–Crippen MR) is 89.8 cm³/mol. The maximum absolute atomic E-state index is 6.07. The summed E-state index contributed by atoms with van der Waals surface area (Å²) in [6.07, 6.45) is 0. The number of thiophene rings is 1. The fourth-order valence-corrected chi connectivity index (χ4v) is 2.97. The van der Waals surface area contributed by atoms with Crippen molar-refractivity contribution >= 4 is 22.7 Å². The van der Waals surface area contributed by atoms with Gasteiger partial charge in [0, 0.05) is 29.0 Å². The molecule has 0 bridgehead atoms. The van der Waals surface area contributed by atoms with E-state index in [4.69, 9.17) is 15.2 Å². The maximum atomic E-state index is 6.07. The minimum Gasteiger partial charge on any atom is -0.493 e. The molecular weight excluding hydrogens is 284 g/mol. The second-order valence-corrected chi connectivity index (χ2v) is 6.46. The van der Waals surface area contributed by atoms with Crippen LogP contribution in [0.25, 0.3) is 0 Å². The Morgan fingerprint density at radius 3 is 2.43 bits per heavy atom. The van der Waals surface area contributed by atoms with Crippen LogP contribution in [0, 0.1) is 0 Å². The van der Waals surface area contributed by atoms with Crippen LogP contribution in [0.5, 0.6) is 11.5 Å². The number of nitrogens with one attached hydrogen (secondary N) is 1. The molecule has 0 aliphatic rings. The standard InChI is InChI=1S/C16H22N2O2S/c1-16(2,15-6-5-7-21-15)10-18-12-9-14(20-4)13(19-3)8-11(12)17/h5-9,18H,10,17H2,1-4H3. The largest absolute Gasteiger partial charge is 0.493 e. The number of hydrogen-bond acceptors (Lipinski definition) is 5. The molecule has 0 radical (unpaired) electrons. The van der Waals surface area contributed by atoms with Crippen LogP contribution in [-0.2, 0) is 5.41 Å². The zero-order valence-electron chi connectivity index (χ0n) is 12.9. The predicted octanol–water partition coefficient (Wildman–Crippen LogP) is 3.74. The summed E-state index contributed by atoms with van der Waals surface area (Å²) in [5.41, 5.74) is 7.62. The van der Waals surface area contributed by atoms with Crippen molar-refractivity contribution in [3.8, 4) is 11.5 Å². The number of anilines is 2. The van der Waals surface area contributed by atoms with Gasteiger partial charge in [-0.3, -0.25) is 0 Å². The molecule has 2 aromatic rings. The fraction of sp³-hybridized carbons (Fsp3) is 0.375. The Bertz CT molecular complexity index is 595. The van der Waals surface area contributed by atoms with Crippen LogP contribution in [-0.4, -0.2) is 20.8 Å². The highest BCUT2D eigenvalue weighted by molar-refractivity contribution is 7.10. The number of methoxy groups -OCH3 is 2. The monoisotopic (exact) mass is 306 g/mol. The van der Waals surface area contributed by atoms with E-state index in [1.54, 1.807) is 31.6 Å². The highest BCUT2D eigenvalue weighted by atomic mass is 32.1. The fourth-order valence-electron chi connectivity index (χ4n) is 2.11. The summed E-state index contributed by atoms with van der Waals surface area (Å²) in [5, 5.41) is 5.51. The van der Waals surface area contributed by atoms with Gasteiger partial charge in [0.15, 0.2) is 11.5 Å². The molecule has 0 saturated heterocycles. The van der Waals surface area contributed by atoms with Gasteiger partial charge in [-0.1, -0.05) is 19.9 Å². The Balaban J connectivity index is 2.17. The highest BCUT2D eigenvalue weighted by Gasteiger charge is 2.22. The molecule has 0 aliphatic carbocycles. The third kappa shape index (κ3) is 3.42. The summed E-state index contributed by atoms with van der Waals surface area (Å²) in [7, 11) is 3.22. The van der Waals surface area contributed by atoms with Gasteiger partial charge in [-0.05, 0) is 11.4 Å². The normalized spacial score (nSPS) is 11.2. The van der Waals surface area contributed by atoms with E-state index < -0.39 is 0 Å². The molecule has 0 unspecified atom stereocenters. The lowest BCUT2D eigenvalue weighted by atomic mass is 9.91. The molecule has 0 aliphatic heterocycles. The van der Waals surface area contributed by atoms with Gasteiger partial charge in [-0.2, -0.15) is 0 Å². The van der Waals surface area contributed by atoms with Crippen molar-refractivity contribution in [3.63, 3.8) is 0 Å². The first-order valence-electron chi connectivity index (χ1n) is 6.77. The van der Waals surface area contributed by atoms with E-state index in [-0.39, 0.29) is 5.41 Å². The van der Waals surface area contributed by atoms with Crippen LogP contribution in [0.15, 0.2) is 29.6 Å². The molecule has 21 heavy (non-hydrogen) atoms. The molecule has 1 aromatic carbocycles. The van der Waals surface area contributed by atoms with Crippen molar-refractivity contribution in [1.82, 2.24) is 0 Å². The first-order valence-corrected chi connectivity index (χ1v) is 7.65. The Hall–Kier alpha value is -1.88. The van der Waals surface area contributed by atoms with E-state index in [1.807, 2.05) is 6.07 Å². The summed E-state index contributed by atoms with van der Waals surface area (Å²) >= 11 is 1.77. The van der Waals surface area contributed by atoms with E-state index >= 15 is 0 Å². The lowest BCUT2D eigenvalue weighted by molar-refractivity contribution is 0.355. The summed E-state index contributed by atoms with van der Waals surface area (Å²) in [5.74, 6) is 1.31. The SMILES string of the molecule is COc1cc(N)c(NCC(C)(C)c2cccs2)cc1OC. The topological polar surface area (TPSA) is 56.5 Å². The first-order chi connectivity index (χ1) is 9.97. The molecule has 0 saturated carbocycles. The number of nitrogen functional groups attached to an aromatic ring is 1. The quantitative estimate of drug-likeness (QED) is 0.798. The van der Waals surface area contributed by atoms with Gasteiger partial charge in [0.05, 0.1) is 25.6 Å². The zero-order chi connectivity index (χ0) is 15.5. The molecule has 0 atom stereocenters. The van der Waals surface area contributed by atoms with Gasteiger partial charge in [0.1, 0.15) is 0 Å². The van der Waals surface area contributed by atoms with Crippen molar-refractivity contribution in [1.29, 1.82) is 0 Å². The average molecular weight is 306 g/mol. The Labute approximate surface area is 129 Å². The summed E-state index contributed by atoms with van der Waals surface area (Å²) in [6.45, 7) is 5.21. The molecule has 5 heteroatoms. The summed E-state index contributed by atoms with van der Waals surface area (Å²) in [4.78, 5) is 1.34. The van der Waals surface area contributed by atoms with Crippen LogP contribution in [0.4, 0.5) is 11.4 Å². The van der Waals surface area contributed by atoms with Crippen LogP contribution in [0.1, 0.15) is 18.7 Å². The molecule has 2 rings (SSSR count). The first kappa shape index (κ1) is 15.5. The van der Waals surface area contributed by atoms with Crippen LogP contribution in [0.3, 0.4) is 0 Å². The smallest absolute Gasteiger partial charge is 0.162 e. The number of benzene rings is 1. The van der Waals surface area contributed by atoms with Gasteiger partial charge in [0.2, 0.25) is 0 Å². The van der Waals surface area contributed by atoms with Crippen molar-refractivity contribution in [2.45, 2.75) is 19.3 Å². The zero-order valence-corrected chi connectivity index (χ0v) is 13.7.